The summed E-state index contributed by atoms with van der Waals surface area (Å²) in [5, 5.41) is 67.9. The fourth-order valence-electron chi connectivity index (χ4n) is 9.62. The number of carbonyl (C=O) groups excluding carboxylic acids is 3. The molecule has 7 rings (SSSR count). The number of halogens is 3. The molecule has 1 aliphatic heterocycles. The molecule has 0 unspecified atom stereocenters. The quantitative estimate of drug-likeness (QED) is 0.0298. The minimum Gasteiger partial charge on any atom is -0.870 e. The van der Waals surface area contributed by atoms with E-state index in [0.29, 0.717) is 67.5 Å². The van der Waals surface area contributed by atoms with Crippen LogP contribution in [0.25, 0.3) is 52.0 Å². The summed E-state index contributed by atoms with van der Waals surface area (Å²) in [7, 11) is -5.89. The fraction of sp³-hybridized carbons (Fsp3) is 0.435. The number of nitrogens with zero attached hydrogens (tertiary/aromatic N) is 9. The third-order valence-corrected chi connectivity index (χ3v) is 18.5. The number of benzene rings is 3. The molecular weight excluding hydrogens is 1460 g/mol. The van der Waals surface area contributed by atoms with Gasteiger partial charge < -0.3 is 55.5 Å². The summed E-state index contributed by atoms with van der Waals surface area (Å²) >= 11 is 0. The average molecular weight is 1550 g/mol. The first-order valence-electron chi connectivity index (χ1n) is 31.9. The molecule has 3 aromatic carbocycles. The van der Waals surface area contributed by atoms with Gasteiger partial charge in [0.15, 0.2) is 0 Å². The summed E-state index contributed by atoms with van der Waals surface area (Å²) in [5.74, 6) is -4.36. The maximum atomic E-state index is 13.6. The van der Waals surface area contributed by atoms with Crippen LogP contribution in [0.3, 0.4) is 0 Å². The van der Waals surface area contributed by atoms with Crippen molar-refractivity contribution in [1.82, 2.24) is 29.9 Å². The van der Waals surface area contributed by atoms with Gasteiger partial charge >= 0.3 is 71.1 Å². The number of carbonyl (C=O) groups is 3. The number of ether oxygens (including phenoxy) is 2. The number of cyclic esters (lactones) is 1. The van der Waals surface area contributed by atoms with Crippen molar-refractivity contribution in [2.45, 2.75) is 141 Å². The molecule has 6 atom stereocenters. The molecule has 0 amide bonds. The van der Waals surface area contributed by atoms with E-state index in [1.54, 1.807) is 37.3 Å². The van der Waals surface area contributed by atoms with E-state index in [-0.39, 0.29) is 139 Å². The van der Waals surface area contributed by atoms with Crippen LogP contribution >= 0.6 is 0 Å². The molecular formula is C69H90F3N9Na2O19S3. The van der Waals surface area contributed by atoms with Gasteiger partial charge in [-0.1, -0.05) is 71.9 Å². The fourth-order valence-corrected chi connectivity index (χ4v) is 10.8. The molecule has 105 heavy (non-hydrogen) atoms. The molecule has 0 aliphatic carbocycles. The number of rotatable bonds is 27. The van der Waals surface area contributed by atoms with Gasteiger partial charge in [0, 0.05) is 93.3 Å². The molecule has 0 spiro atoms. The number of aliphatic hydroxyl groups excluding tert-OH is 6. The monoisotopic (exact) mass is 1550 g/mol. The second-order valence-electron chi connectivity index (χ2n) is 24.4. The first kappa shape index (κ1) is 96.3. The number of sulfonamides is 3. The summed E-state index contributed by atoms with van der Waals surface area (Å²) in [6.45, 7) is 13.1. The normalized spacial score (nSPS) is 14.9. The van der Waals surface area contributed by atoms with Crippen LogP contribution < -0.4 is 77.1 Å². The van der Waals surface area contributed by atoms with E-state index >= 15 is 0 Å². The third kappa shape index (κ3) is 30.1. The van der Waals surface area contributed by atoms with Crippen LogP contribution in [0, 0.1) is 17.5 Å². The van der Waals surface area contributed by atoms with Gasteiger partial charge in [-0.05, 0) is 104 Å². The number of hydrogen-bond acceptors (Lipinski definition) is 25. The molecule has 1 saturated heterocycles. The Kier molecular flexibility index (Phi) is 40.3. The van der Waals surface area contributed by atoms with E-state index in [1.165, 1.54) is 100 Å². The van der Waals surface area contributed by atoms with Crippen LogP contribution in [-0.4, -0.2) is 199 Å². The van der Waals surface area contributed by atoms with Crippen LogP contribution in [-0.2, 0) is 53.9 Å². The smallest absolute Gasteiger partial charge is 0.870 e. The van der Waals surface area contributed by atoms with Gasteiger partial charge in [0.2, 0.25) is 47.9 Å². The third-order valence-electron chi connectivity index (χ3n) is 15.0. The molecule has 0 radical (unpaired) electrons. The van der Waals surface area contributed by atoms with Crippen molar-refractivity contribution in [3.05, 3.63) is 142 Å². The molecule has 0 bridgehead atoms. The Balaban J connectivity index is 0.000000768. The second-order valence-corrected chi connectivity index (χ2v) is 30.4. The predicted molar refractivity (Wildman–Crippen MR) is 381 cm³/mol. The minimum atomic E-state index is -3.66. The number of carboxylic acid groups (broad SMARTS) is 1. The molecule has 0 saturated carbocycles. The molecule has 3 aromatic heterocycles. The Labute approximate surface area is 655 Å². The van der Waals surface area contributed by atoms with Crippen LogP contribution in [0.2, 0.25) is 0 Å². The van der Waals surface area contributed by atoms with Gasteiger partial charge in [-0.2, -0.15) is 0 Å². The Morgan fingerprint density at radius 1 is 0.571 bits per heavy atom. The van der Waals surface area contributed by atoms with E-state index in [9.17, 15) is 83.4 Å². The first-order chi connectivity index (χ1) is 47.6. The standard InChI is InChI=1S/C24H32FN3O6S.C22H28FN3O6S.C22H26FN3O5S.CH4O.2Na.H2O/c1-6-34-21(31)14-19(30)13-18(29)11-12-20-22(15(2)3)26-24(28(4)35(5,32)33)27-23(20)16-7-9-17(25)10-8-16;1-13(2)20-18(10-9-16(27)11-17(28)12-19(29)30)21(14-5-7-15(23)8-6-14)25-22(24-20)26(3)33(4,31)32;1-13(2)20-18(10-9-17-11-16(27)12-19(28)31-17)21(14-5-7-15(23)8-6-14)25-22(24-20)26(3)32(4,29)30;1-2;;;/h7-12,15,18-19,29-30H,6,13-14H2,1-5H3;5-10,13,16-17,27-28H,11-12H2,1-4H3,(H,29,30);5-10,13,16-17,27H,11-12H2,1-4H3;2H,1H3;;;1H2/q;;;;2*+1;/p-2/b12-11+;2*10-9+;;;;/t18-,19-;2*16-,17-;;;;/m111..../s1. The maximum Gasteiger partial charge on any atom is 1.00 e. The number of carboxylic acids is 1. The molecule has 7 N–H and O–H groups in total. The zero-order valence-electron chi connectivity index (χ0n) is 61.5. The van der Waals surface area contributed by atoms with E-state index in [0.717, 1.165) is 38.8 Å². The van der Waals surface area contributed by atoms with E-state index in [2.05, 4.69) is 29.9 Å². The van der Waals surface area contributed by atoms with Crippen molar-refractivity contribution < 1.29 is 163 Å². The summed E-state index contributed by atoms with van der Waals surface area (Å²) in [6.07, 6.45) is 5.32. The molecule has 28 nitrogen and oxygen atoms in total. The Hall–Kier alpha value is -6.71. The number of aliphatic carboxylic acids is 1. The van der Waals surface area contributed by atoms with Crippen LogP contribution in [0.15, 0.2) is 91.0 Å². The van der Waals surface area contributed by atoms with Crippen molar-refractivity contribution in [2.24, 2.45) is 0 Å². The van der Waals surface area contributed by atoms with Crippen molar-refractivity contribution in [2.75, 3.05) is 66.5 Å². The summed E-state index contributed by atoms with van der Waals surface area (Å²) in [5.41, 5.74) is 5.80. The Bertz CT molecular complexity index is 4290. The maximum absolute atomic E-state index is 13.6. The number of aromatic nitrogens is 6. The van der Waals surface area contributed by atoms with Gasteiger partial charge in [0.1, 0.15) is 23.6 Å². The number of esters is 2. The van der Waals surface area contributed by atoms with Gasteiger partial charge in [-0.25, -0.2) is 81.2 Å². The molecule has 4 heterocycles. The van der Waals surface area contributed by atoms with Crippen LogP contribution in [0.1, 0.15) is 139 Å². The topological polar surface area (TPSA) is 434 Å². The van der Waals surface area contributed by atoms with Gasteiger partial charge in [0.25, 0.3) is 0 Å². The number of anilines is 3. The summed E-state index contributed by atoms with van der Waals surface area (Å²) < 4.78 is 126. The average Bonchev–Trinajstić information content (AvgIpc) is 0.793. The van der Waals surface area contributed by atoms with E-state index in [1.807, 2.05) is 41.5 Å². The summed E-state index contributed by atoms with van der Waals surface area (Å²) in [6, 6.07) is 16.7. The zero-order valence-corrected chi connectivity index (χ0v) is 67.9. The zero-order chi connectivity index (χ0) is 76.9. The predicted octanol–water partition coefficient (Wildman–Crippen LogP) is 0.269. The molecule has 1 fully saturated rings. The number of aliphatic hydroxyl groups is 6. The van der Waals surface area contributed by atoms with Crippen molar-refractivity contribution in [3.63, 3.8) is 0 Å². The van der Waals surface area contributed by atoms with Crippen molar-refractivity contribution in [3.8, 4) is 33.8 Å². The number of hydrogen-bond donors (Lipinski definition) is 6. The molecule has 36 heteroatoms. The second kappa shape index (κ2) is 43.9. The van der Waals surface area contributed by atoms with E-state index in [4.69, 9.17) is 14.6 Å². The van der Waals surface area contributed by atoms with Crippen LogP contribution in [0.5, 0.6) is 0 Å². The minimum absolute atomic E-state index is 0. The SMILES string of the molecule is CC(C)c1nc(N(C)S(C)(=O)=O)nc(-c2ccc(F)cc2)c1/C=C/[C@@H](O)C[C@@H](O)CC(=O)[O-].CC(C)c1nc(N(C)S(C)(=O)=O)nc(-c2ccc(F)cc2)c1/C=C/[C@@H]1C[C@@H](O)CC(=O)O1.CCOC(=O)C[C@H](O)C[C@H](O)/C=C/c1c(-c2ccc(F)cc2)nc(N(C)S(C)(=O)=O)nc1C(C)C.CO.[Na+].[Na+].[OH-]. The van der Waals surface area contributed by atoms with Crippen molar-refractivity contribution >= 4 is 84.1 Å². The van der Waals surface area contributed by atoms with Gasteiger partial charge in [-0.3, -0.25) is 9.59 Å². The van der Waals surface area contributed by atoms with Gasteiger partial charge in [-0.15, -0.1) is 0 Å². The van der Waals surface area contributed by atoms with Crippen molar-refractivity contribution in [1.29, 1.82) is 0 Å². The molecule has 6 aromatic rings. The van der Waals surface area contributed by atoms with Gasteiger partial charge in [0.05, 0.1) is 103 Å². The Morgan fingerprint density at radius 3 is 1.15 bits per heavy atom. The Morgan fingerprint density at radius 2 is 0.876 bits per heavy atom. The largest absolute Gasteiger partial charge is 1.00 e. The molecule has 566 valence electrons. The van der Waals surface area contributed by atoms with E-state index < -0.39 is 108 Å². The van der Waals surface area contributed by atoms with Crippen LogP contribution in [0.4, 0.5) is 31.0 Å². The first-order valence-corrected chi connectivity index (χ1v) is 37.4. The molecule has 1 aliphatic rings. The summed E-state index contributed by atoms with van der Waals surface area (Å²) in [4.78, 5) is 60.5.